The van der Waals surface area contributed by atoms with Crippen LogP contribution in [0.25, 0.3) is 22.1 Å². The molecule has 8 nitrogen and oxygen atoms in total. The summed E-state index contributed by atoms with van der Waals surface area (Å²) in [5.41, 5.74) is 1.95. The lowest BCUT2D eigenvalue weighted by molar-refractivity contribution is 0.258. The van der Waals surface area contributed by atoms with Crippen molar-refractivity contribution in [1.29, 1.82) is 5.26 Å². The Hall–Kier alpha value is -3.22. The number of pyridine rings is 1. The molecule has 1 aliphatic carbocycles. The lowest BCUT2D eigenvalue weighted by Crippen LogP contribution is -2.20. The van der Waals surface area contributed by atoms with Crippen molar-refractivity contribution in [2.75, 3.05) is 6.61 Å². The van der Waals surface area contributed by atoms with Crippen LogP contribution < -0.4 is 0 Å². The van der Waals surface area contributed by atoms with Crippen LogP contribution >= 0.6 is 0 Å². The van der Waals surface area contributed by atoms with Gasteiger partial charge < -0.3 is 9.67 Å². The van der Waals surface area contributed by atoms with Crippen molar-refractivity contribution in [2.45, 2.75) is 55.9 Å². The highest BCUT2D eigenvalue weighted by Gasteiger charge is 2.28. The highest BCUT2D eigenvalue weighted by atomic mass is 32.2. The van der Waals surface area contributed by atoms with Gasteiger partial charge in [-0.2, -0.15) is 5.26 Å². The molecule has 0 atom stereocenters. The Morgan fingerprint density at radius 1 is 1.12 bits per heavy atom. The molecule has 1 fully saturated rings. The summed E-state index contributed by atoms with van der Waals surface area (Å²) in [5, 5.41) is 19.3. The van der Waals surface area contributed by atoms with Gasteiger partial charge in [0.15, 0.2) is 5.65 Å². The monoisotopic (exact) mass is 477 g/mol. The number of hydrogen-bond acceptors (Lipinski definition) is 6. The minimum atomic E-state index is -3.79. The first-order chi connectivity index (χ1) is 16.5. The topological polar surface area (TPSA) is 114 Å². The van der Waals surface area contributed by atoms with Crippen LogP contribution in [-0.2, 0) is 16.4 Å². The van der Waals surface area contributed by atoms with E-state index in [-0.39, 0.29) is 17.5 Å². The zero-order valence-electron chi connectivity index (χ0n) is 18.8. The molecule has 0 amide bonds. The predicted octanol–water partition coefficient (Wildman–Crippen LogP) is 4.19. The van der Waals surface area contributed by atoms with E-state index < -0.39 is 10.0 Å². The molecule has 1 N–H and O–H groups in total. The first kappa shape index (κ1) is 22.6. The molecule has 176 valence electrons. The molecule has 0 spiro atoms. The van der Waals surface area contributed by atoms with Crippen LogP contribution in [0.1, 0.15) is 50.4 Å². The van der Waals surface area contributed by atoms with Crippen LogP contribution in [0, 0.1) is 17.2 Å². The molecule has 0 aliphatic heterocycles. The number of fused-ring (bicyclic) bond motifs is 3. The molecule has 1 saturated carbocycles. The third-order valence-corrected chi connectivity index (χ3v) is 8.56. The molecular formula is C25H27N5O3S. The number of imidazole rings is 1. The molecule has 3 heterocycles. The summed E-state index contributed by atoms with van der Waals surface area (Å²) < 4.78 is 30.1. The van der Waals surface area contributed by atoms with Crippen molar-refractivity contribution in [3.05, 3.63) is 54.6 Å². The van der Waals surface area contributed by atoms with Gasteiger partial charge in [0.1, 0.15) is 11.3 Å². The van der Waals surface area contributed by atoms with Crippen LogP contribution in [0.5, 0.6) is 0 Å². The fourth-order valence-electron chi connectivity index (χ4n) is 5.23. The fourth-order valence-corrected chi connectivity index (χ4v) is 6.55. The van der Waals surface area contributed by atoms with E-state index in [0.717, 1.165) is 48.8 Å². The zero-order chi connectivity index (χ0) is 23.7. The summed E-state index contributed by atoms with van der Waals surface area (Å²) in [6, 6.07) is 12.6. The Morgan fingerprint density at radius 2 is 1.88 bits per heavy atom. The van der Waals surface area contributed by atoms with Gasteiger partial charge in [0.25, 0.3) is 10.0 Å². The largest absolute Gasteiger partial charge is 0.396 e. The Bertz CT molecular complexity index is 1460. The number of aromatic nitrogens is 4. The second-order valence-corrected chi connectivity index (χ2v) is 10.7. The molecule has 0 unspecified atom stereocenters. The van der Waals surface area contributed by atoms with Crippen molar-refractivity contribution in [1.82, 2.24) is 18.5 Å². The van der Waals surface area contributed by atoms with E-state index in [2.05, 4.69) is 15.6 Å². The summed E-state index contributed by atoms with van der Waals surface area (Å²) in [4.78, 5) is 9.45. The highest BCUT2D eigenvalue weighted by Crippen LogP contribution is 2.38. The molecule has 5 rings (SSSR count). The van der Waals surface area contributed by atoms with E-state index in [4.69, 9.17) is 10.2 Å². The van der Waals surface area contributed by atoms with Gasteiger partial charge in [0.2, 0.25) is 0 Å². The molecule has 1 aromatic carbocycles. The van der Waals surface area contributed by atoms with Crippen molar-refractivity contribution in [2.24, 2.45) is 5.92 Å². The predicted molar refractivity (Wildman–Crippen MR) is 129 cm³/mol. The van der Waals surface area contributed by atoms with Gasteiger partial charge in [-0.15, -0.1) is 0 Å². The molecule has 34 heavy (non-hydrogen) atoms. The van der Waals surface area contributed by atoms with E-state index in [0.29, 0.717) is 29.9 Å². The molecule has 0 bridgehead atoms. The van der Waals surface area contributed by atoms with Crippen LogP contribution in [0.4, 0.5) is 0 Å². The maximum atomic E-state index is 13.3. The maximum Gasteiger partial charge on any atom is 0.269 e. The van der Waals surface area contributed by atoms with E-state index in [1.165, 1.54) is 3.97 Å². The first-order valence-corrected chi connectivity index (χ1v) is 13.1. The first-order valence-electron chi connectivity index (χ1n) is 11.7. The van der Waals surface area contributed by atoms with Crippen molar-refractivity contribution in [3.8, 4) is 6.07 Å². The Balaban J connectivity index is 1.61. The maximum absolute atomic E-state index is 13.3. The van der Waals surface area contributed by atoms with Crippen LogP contribution in [0.15, 0.2) is 53.7 Å². The summed E-state index contributed by atoms with van der Waals surface area (Å²) >= 11 is 0. The second kappa shape index (κ2) is 9.20. The zero-order valence-corrected chi connectivity index (χ0v) is 19.7. The summed E-state index contributed by atoms with van der Waals surface area (Å²) in [7, 11) is -3.79. The number of nitrogens with zero attached hydrogens (tertiary/aromatic N) is 5. The van der Waals surface area contributed by atoms with E-state index in [9.17, 15) is 13.5 Å². The standard InChI is InChI=1S/C25H27N5O3S/c26-14-4-5-18-8-10-19(11-9-18)30-23(13-16-31)28-22-17-27-25-21(24(22)30)12-15-29(25)34(32,33)20-6-2-1-3-7-20/h1-3,6-7,12,15,17-19,31H,4-5,8-11,13,16H2. The van der Waals surface area contributed by atoms with E-state index >= 15 is 0 Å². The highest BCUT2D eigenvalue weighted by molar-refractivity contribution is 7.90. The third kappa shape index (κ3) is 3.87. The van der Waals surface area contributed by atoms with Crippen LogP contribution in [-0.4, -0.2) is 38.6 Å². The van der Waals surface area contributed by atoms with Crippen molar-refractivity contribution < 1.29 is 13.5 Å². The molecule has 0 radical (unpaired) electrons. The normalized spacial score (nSPS) is 18.9. The van der Waals surface area contributed by atoms with Gasteiger partial charge in [-0.05, 0) is 56.2 Å². The van der Waals surface area contributed by atoms with Crippen molar-refractivity contribution >= 4 is 32.1 Å². The summed E-state index contributed by atoms with van der Waals surface area (Å²) in [5.74, 6) is 1.36. The number of aliphatic hydroxyl groups is 1. The smallest absolute Gasteiger partial charge is 0.269 e. The van der Waals surface area contributed by atoms with Crippen LogP contribution in [0.2, 0.25) is 0 Å². The lowest BCUT2D eigenvalue weighted by atomic mass is 9.83. The molecular weight excluding hydrogens is 450 g/mol. The number of hydrogen-bond donors (Lipinski definition) is 1. The van der Waals surface area contributed by atoms with Gasteiger partial charge in [-0.25, -0.2) is 22.4 Å². The summed E-state index contributed by atoms with van der Waals surface area (Å²) in [6.07, 6.45) is 9.16. The fraction of sp³-hybridized carbons (Fsp3) is 0.400. The number of aliphatic hydroxyl groups excluding tert-OH is 1. The quantitative estimate of drug-likeness (QED) is 0.427. The van der Waals surface area contributed by atoms with Gasteiger partial charge in [0, 0.05) is 30.5 Å². The van der Waals surface area contributed by atoms with Crippen LogP contribution in [0.3, 0.4) is 0 Å². The minimum absolute atomic E-state index is 0.0131. The van der Waals surface area contributed by atoms with Gasteiger partial charge in [0.05, 0.1) is 29.3 Å². The Morgan fingerprint density at radius 3 is 2.59 bits per heavy atom. The molecule has 0 saturated heterocycles. The molecule has 1 aliphatic rings. The minimum Gasteiger partial charge on any atom is -0.396 e. The Kier molecular flexibility index (Phi) is 6.11. The Labute approximate surface area is 198 Å². The SMILES string of the molecule is N#CCCC1CCC(n2c(CCO)nc3cnc4c(ccn4S(=O)(=O)c4ccccc4)c32)CC1. The average Bonchev–Trinajstić information content (AvgIpc) is 3.45. The summed E-state index contributed by atoms with van der Waals surface area (Å²) in [6.45, 7) is -0.0131. The third-order valence-electron chi connectivity index (χ3n) is 6.88. The second-order valence-electron chi connectivity index (χ2n) is 8.90. The van der Waals surface area contributed by atoms with E-state index in [1.807, 2.05) is 0 Å². The molecule has 4 aromatic rings. The number of rotatable bonds is 7. The lowest BCUT2D eigenvalue weighted by Gasteiger charge is -2.30. The number of benzene rings is 1. The molecule has 9 heteroatoms. The van der Waals surface area contributed by atoms with Gasteiger partial charge in [-0.3, -0.25) is 0 Å². The van der Waals surface area contributed by atoms with Crippen molar-refractivity contribution in [3.63, 3.8) is 0 Å². The van der Waals surface area contributed by atoms with E-state index in [1.54, 1.807) is 48.8 Å². The number of nitriles is 1. The van der Waals surface area contributed by atoms with Gasteiger partial charge >= 0.3 is 0 Å². The van der Waals surface area contributed by atoms with Gasteiger partial charge in [-0.1, -0.05) is 18.2 Å². The average molecular weight is 478 g/mol. The molecule has 3 aromatic heterocycles.